The van der Waals surface area contributed by atoms with Crippen LogP contribution in [0.3, 0.4) is 0 Å². The molecule has 2 aromatic heterocycles. The van der Waals surface area contributed by atoms with Crippen molar-refractivity contribution in [2.75, 3.05) is 12.6 Å². The number of hydrogen-bond acceptors (Lipinski definition) is 6. The Morgan fingerprint density at radius 1 is 1.25 bits per heavy atom. The molecule has 0 bridgehead atoms. The third-order valence-corrected chi connectivity index (χ3v) is 3.16. The summed E-state index contributed by atoms with van der Waals surface area (Å²) in [5.41, 5.74) is 1.50. The zero-order valence-electron chi connectivity index (χ0n) is 10.3. The number of nitrogens with two attached hydrogens (primary N) is 1. The van der Waals surface area contributed by atoms with Gasteiger partial charge in [0.05, 0.1) is 17.3 Å². The zero-order valence-corrected chi connectivity index (χ0v) is 10.3. The molecule has 0 unspecified atom stereocenters. The van der Waals surface area contributed by atoms with Crippen LogP contribution in [0.25, 0.3) is 16.7 Å². The van der Waals surface area contributed by atoms with E-state index in [0.717, 1.165) is 10.4 Å². The Balaban J connectivity index is 1.95. The molecule has 3 N–H and O–H groups in total. The molecular weight excluding hydrogens is 260 g/mol. The van der Waals surface area contributed by atoms with Crippen LogP contribution in [-0.2, 0) is 0 Å². The molecule has 20 heavy (non-hydrogen) atoms. The molecule has 1 aliphatic heterocycles. The molecule has 1 aromatic carbocycles. The third kappa shape index (κ3) is 1.38. The van der Waals surface area contributed by atoms with Crippen molar-refractivity contribution in [2.45, 2.75) is 0 Å². The lowest BCUT2D eigenvalue weighted by atomic mass is 10.3. The molecule has 8 heteroatoms. The molecule has 3 heterocycles. The van der Waals surface area contributed by atoms with E-state index < -0.39 is 0 Å². The highest BCUT2D eigenvalue weighted by Crippen LogP contribution is 2.33. The first kappa shape index (κ1) is 10.9. The lowest BCUT2D eigenvalue weighted by Crippen LogP contribution is -2.27. The Kier molecular flexibility index (Phi) is 2.02. The van der Waals surface area contributed by atoms with Crippen molar-refractivity contribution in [2.24, 2.45) is 0 Å². The zero-order chi connectivity index (χ0) is 13.7. The van der Waals surface area contributed by atoms with Crippen molar-refractivity contribution < 1.29 is 9.47 Å². The molecule has 0 fully saturated rings. The first-order valence-electron chi connectivity index (χ1n) is 5.89. The Hall–Kier alpha value is -3.03. The van der Waals surface area contributed by atoms with E-state index in [9.17, 15) is 0 Å². The SMILES string of the molecule is N=c1c2cnn(-c3ccc4c(c3)OCO4)c2ncn1N. The number of nitrogen functional groups attached to an aromatic ring is 1. The van der Waals surface area contributed by atoms with Gasteiger partial charge in [-0.2, -0.15) is 5.10 Å². The first-order chi connectivity index (χ1) is 9.74. The van der Waals surface area contributed by atoms with Crippen molar-refractivity contribution in [3.05, 3.63) is 36.2 Å². The molecule has 4 rings (SSSR count). The summed E-state index contributed by atoms with van der Waals surface area (Å²) in [6, 6.07) is 5.50. The highest BCUT2D eigenvalue weighted by molar-refractivity contribution is 5.74. The van der Waals surface area contributed by atoms with Crippen LogP contribution in [0, 0.1) is 5.41 Å². The second kappa shape index (κ2) is 3.73. The Bertz CT molecular complexity index is 881. The van der Waals surface area contributed by atoms with Gasteiger partial charge in [0.15, 0.2) is 22.6 Å². The summed E-state index contributed by atoms with van der Waals surface area (Å²) in [5.74, 6) is 6.98. The highest BCUT2D eigenvalue weighted by atomic mass is 16.7. The fraction of sp³-hybridized carbons (Fsp3) is 0.0833. The van der Waals surface area contributed by atoms with Gasteiger partial charge in [0.25, 0.3) is 0 Å². The topological polar surface area (TPSA) is 104 Å². The summed E-state index contributed by atoms with van der Waals surface area (Å²) in [4.78, 5) is 4.22. The van der Waals surface area contributed by atoms with E-state index in [1.807, 2.05) is 18.2 Å². The van der Waals surface area contributed by atoms with Crippen LogP contribution in [-0.4, -0.2) is 26.2 Å². The average Bonchev–Trinajstić information content (AvgIpc) is 3.08. The van der Waals surface area contributed by atoms with E-state index >= 15 is 0 Å². The van der Waals surface area contributed by atoms with Gasteiger partial charge in [-0.25, -0.2) is 14.3 Å². The van der Waals surface area contributed by atoms with Crippen LogP contribution in [0.5, 0.6) is 11.5 Å². The summed E-state index contributed by atoms with van der Waals surface area (Å²) >= 11 is 0. The molecule has 100 valence electrons. The monoisotopic (exact) mass is 270 g/mol. The second-order valence-electron chi connectivity index (χ2n) is 4.33. The summed E-state index contributed by atoms with van der Waals surface area (Å²) in [7, 11) is 0. The Labute approximate surface area is 112 Å². The van der Waals surface area contributed by atoms with Crippen molar-refractivity contribution in [3.8, 4) is 17.2 Å². The second-order valence-corrected chi connectivity index (χ2v) is 4.33. The fourth-order valence-corrected chi connectivity index (χ4v) is 2.15. The number of fused-ring (bicyclic) bond motifs is 2. The predicted molar refractivity (Wildman–Crippen MR) is 69.0 cm³/mol. The van der Waals surface area contributed by atoms with E-state index in [1.54, 1.807) is 10.9 Å². The molecule has 3 aromatic rings. The van der Waals surface area contributed by atoms with Crippen LogP contribution in [0.4, 0.5) is 0 Å². The lowest BCUT2D eigenvalue weighted by Gasteiger charge is -2.04. The van der Waals surface area contributed by atoms with E-state index in [2.05, 4.69) is 10.1 Å². The molecule has 8 nitrogen and oxygen atoms in total. The summed E-state index contributed by atoms with van der Waals surface area (Å²) < 4.78 is 13.4. The molecule has 0 saturated carbocycles. The van der Waals surface area contributed by atoms with Crippen molar-refractivity contribution in [3.63, 3.8) is 0 Å². The third-order valence-electron chi connectivity index (χ3n) is 3.16. The quantitative estimate of drug-likeness (QED) is 0.612. The van der Waals surface area contributed by atoms with E-state index in [1.165, 1.54) is 6.33 Å². The standard InChI is InChI=1S/C12H10N6O2/c13-11-8-4-16-18(12(8)15-5-17(11)14)7-1-2-9-10(3-7)20-6-19-9/h1-5,13H,6,14H2. The predicted octanol–water partition coefficient (Wildman–Crippen LogP) is 0.144. The van der Waals surface area contributed by atoms with Crippen molar-refractivity contribution in [1.29, 1.82) is 5.41 Å². The van der Waals surface area contributed by atoms with Crippen LogP contribution < -0.4 is 20.8 Å². The number of hydrogen-bond donors (Lipinski definition) is 2. The fourth-order valence-electron chi connectivity index (χ4n) is 2.15. The lowest BCUT2D eigenvalue weighted by molar-refractivity contribution is 0.174. The number of nitrogens with one attached hydrogen (secondary N) is 1. The van der Waals surface area contributed by atoms with E-state index in [-0.39, 0.29) is 12.3 Å². The van der Waals surface area contributed by atoms with Crippen molar-refractivity contribution in [1.82, 2.24) is 19.4 Å². The maximum absolute atomic E-state index is 7.89. The number of rotatable bonds is 1. The smallest absolute Gasteiger partial charge is 0.231 e. The van der Waals surface area contributed by atoms with Gasteiger partial charge in [-0.1, -0.05) is 0 Å². The van der Waals surface area contributed by atoms with Crippen LogP contribution >= 0.6 is 0 Å². The molecule has 1 aliphatic rings. The Morgan fingerprint density at radius 2 is 2.10 bits per heavy atom. The normalized spacial score (nSPS) is 13.0. The van der Waals surface area contributed by atoms with E-state index in [0.29, 0.717) is 22.5 Å². The van der Waals surface area contributed by atoms with Gasteiger partial charge in [-0.3, -0.25) is 5.41 Å². The molecular formula is C12H10N6O2. The van der Waals surface area contributed by atoms with Crippen LogP contribution in [0.1, 0.15) is 0 Å². The van der Waals surface area contributed by atoms with Gasteiger partial charge in [0, 0.05) is 6.07 Å². The minimum Gasteiger partial charge on any atom is -0.454 e. The minimum atomic E-state index is 0.155. The minimum absolute atomic E-state index is 0.155. The van der Waals surface area contributed by atoms with Gasteiger partial charge in [-0.05, 0) is 12.1 Å². The molecule has 0 saturated heterocycles. The van der Waals surface area contributed by atoms with Gasteiger partial charge >= 0.3 is 0 Å². The maximum atomic E-state index is 7.89. The van der Waals surface area contributed by atoms with Crippen molar-refractivity contribution >= 4 is 11.0 Å². The van der Waals surface area contributed by atoms with Crippen LogP contribution in [0.15, 0.2) is 30.7 Å². The van der Waals surface area contributed by atoms with Gasteiger partial charge in [-0.15, -0.1) is 0 Å². The van der Waals surface area contributed by atoms with Gasteiger partial charge in [0.1, 0.15) is 6.33 Å². The number of ether oxygens (including phenoxy) is 2. The Morgan fingerprint density at radius 3 is 3.00 bits per heavy atom. The number of benzene rings is 1. The molecule has 0 amide bonds. The maximum Gasteiger partial charge on any atom is 0.231 e. The summed E-state index contributed by atoms with van der Waals surface area (Å²) in [5, 5.41) is 12.7. The molecule has 0 radical (unpaired) electrons. The van der Waals surface area contributed by atoms with E-state index in [4.69, 9.17) is 20.7 Å². The largest absolute Gasteiger partial charge is 0.454 e. The first-order valence-corrected chi connectivity index (χ1v) is 5.89. The number of nitrogens with zero attached hydrogens (tertiary/aromatic N) is 4. The summed E-state index contributed by atoms with van der Waals surface area (Å²) in [6.07, 6.45) is 2.95. The van der Waals surface area contributed by atoms with Gasteiger partial charge < -0.3 is 15.3 Å². The number of aromatic nitrogens is 4. The highest BCUT2D eigenvalue weighted by Gasteiger charge is 2.16. The average molecular weight is 270 g/mol. The molecule has 0 aliphatic carbocycles. The summed E-state index contributed by atoms with van der Waals surface area (Å²) in [6.45, 7) is 0.223. The molecule has 0 atom stereocenters. The van der Waals surface area contributed by atoms with Crippen LogP contribution in [0.2, 0.25) is 0 Å². The molecule has 0 spiro atoms. The van der Waals surface area contributed by atoms with Gasteiger partial charge in [0.2, 0.25) is 6.79 Å².